The van der Waals surface area contributed by atoms with Crippen LogP contribution in [0.4, 0.5) is 0 Å². The number of fused-ring (bicyclic) bond motifs is 1. The monoisotopic (exact) mass is 457 g/mol. The van der Waals surface area contributed by atoms with Crippen molar-refractivity contribution >= 4 is 30.2 Å². The number of thiophene rings is 1. The highest BCUT2D eigenvalue weighted by Crippen LogP contribution is 2.38. The first-order valence-electron chi connectivity index (χ1n) is 10.2. The molecule has 0 radical (unpaired) electrons. The van der Waals surface area contributed by atoms with E-state index in [1.165, 1.54) is 10.4 Å². The number of carbonyl (C=O) groups is 3. The van der Waals surface area contributed by atoms with Gasteiger partial charge in [-0.15, -0.1) is 11.3 Å². The largest absolute Gasteiger partial charge is 0.483 e. The van der Waals surface area contributed by atoms with Gasteiger partial charge in [-0.3, -0.25) is 19.3 Å². The van der Waals surface area contributed by atoms with Crippen molar-refractivity contribution in [3.05, 3.63) is 21.9 Å². The number of carboxylic acid groups (broad SMARTS) is 2. The summed E-state index contributed by atoms with van der Waals surface area (Å²) in [5, 5.41) is 19.2. The zero-order valence-electron chi connectivity index (χ0n) is 18.7. The molecule has 1 saturated heterocycles. The smallest absolute Gasteiger partial charge is 0.290 e. The van der Waals surface area contributed by atoms with E-state index < -0.39 is 0 Å². The number of amides is 1. The molecule has 2 aliphatic rings. The Hall–Kier alpha value is -2.01. The van der Waals surface area contributed by atoms with E-state index in [2.05, 4.69) is 40.7 Å². The van der Waals surface area contributed by atoms with Gasteiger partial charge in [-0.25, -0.2) is 0 Å². The van der Waals surface area contributed by atoms with Gasteiger partial charge in [0.15, 0.2) is 0 Å². The standard InChI is InChI=1S/C19H31N3O2S.2CH2O2/c1-13(23)20-18-6-15-9-22(10-16(15)7-19(18)24-4)11-17-5-14(12-25-17)8-21(2)3;2*2-1-3/h5,12,15-16,18-19H,6-11H2,1-4H3,(H,20,23);2*1H,(H,2,3)/t15-,16+,18-,19-;;/m1../s1. The molecular weight excluding hydrogens is 422 g/mol. The average molecular weight is 458 g/mol. The highest BCUT2D eigenvalue weighted by atomic mass is 32.1. The van der Waals surface area contributed by atoms with Crippen LogP contribution in [0.2, 0.25) is 0 Å². The quantitative estimate of drug-likeness (QED) is 0.551. The lowest BCUT2D eigenvalue weighted by atomic mass is 9.77. The maximum Gasteiger partial charge on any atom is 0.290 e. The SMILES string of the molecule is CO[C@@H]1C[C@H]2CN(Cc3cc(CN(C)C)cs3)C[C@H]2C[C@H]1NC(C)=O.O=CO.O=CO. The fourth-order valence-electron chi connectivity index (χ4n) is 4.49. The number of likely N-dealkylation sites (tertiary alicyclic amines) is 1. The van der Waals surface area contributed by atoms with Crippen LogP contribution in [0, 0.1) is 11.8 Å². The number of hydrogen-bond donors (Lipinski definition) is 3. The minimum Gasteiger partial charge on any atom is -0.483 e. The molecule has 3 N–H and O–H groups in total. The van der Waals surface area contributed by atoms with Crippen LogP contribution < -0.4 is 5.32 Å². The summed E-state index contributed by atoms with van der Waals surface area (Å²) < 4.78 is 5.67. The van der Waals surface area contributed by atoms with Gasteiger partial charge in [-0.1, -0.05) is 0 Å². The first-order chi connectivity index (χ1) is 14.8. The number of nitrogens with zero attached hydrogens (tertiary/aromatic N) is 2. The fourth-order valence-corrected chi connectivity index (χ4v) is 5.41. The third-order valence-electron chi connectivity index (χ3n) is 5.47. The molecule has 0 aromatic carbocycles. The first kappa shape index (κ1) is 27.0. The van der Waals surface area contributed by atoms with Gasteiger partial charge in [-0.05, 0) is 55.8 Å². The molecule has 31 heavy (non-hydrogen) atoms. The number of ether oxygens (including phenoxy) is 1. The number of rotatable bonds is 6. The maximum absolute atomic E-state index is 11.5. The Kier molecular flexibility index (Phi) is 12.3. The molecule has 1 aliphatic heterocycles. The molecule has 9 nitrogen and oxygen atoms in total. The molecule has 10 heteroatoms. The average Bonchev–Trinajstić information content (AvgIpc) is 3.27. The van der Waals surface area contributed by atoms with Crippen LogP contribution in [0.1, 0.15) is 30.2 Å². The van der Waals surface area contributed by atoms with Crippen molar-refractivity contribution in [1.29, 1.82) is 0 Å². The summed E-state index contributed by atoms with van der Waals surface area (Å²) in [6, 6.07) is 2.52. The molecular formula is C21H35N3O6S. The van der Waals surface area contributed by atoms with E-state index in [0.29, 0.717) is 11.8 Å². The third-order valence-corrected chi connectivity index (χ3v) is 6.44. The van der Waals surface area contributed by atoms with E-state index in [4.69, 9.17) is 24.5 Å². The van der Waals surface area contributed by atoms with Gasteiger partial charge < -0.3 is 25.2 Å². The minimum absolute atomic E-state index is 0.0485. The van der Waals surface area contributed by atoms with E-state index >= 15 is 0 Å². The third kappa shape index (κ3) is 9.34. The predicted octanol–water partition coefficient (Wildman–Crippen LogP) is 1.57. The molecule has 2 fully saturated rings. The van der Waals surface area contributed by atoms with E-state index in [9.17, 15) is 4.79 Å². The summed E-state index contributed by atoms with van der Waals surface area (Å²) in [6.45, 7) is 5.45. The number of methoxy groups -OCH3 is 1. The van der Waals surface area contributed by atoms with Crippen LogP contribution in [0.15, 0.2) is 11.4 Å². The number of carbonyl (C=O) groups excluding carboxylic acids is 1. The molecule has 1 amide bonds. The van der Waals surface area contributed by atoms with Crippen molar-refractivity contribution in [1.82, 2.24) is 15.1 Å². The lowest BCUT2D eigenvalue weighted by Gasteiger charge is -2.37. The van der Waals surface area contributed by atoms with Crippen molar-refractivity contribution in [2.45, 2.75) is 45.0 Å². The topological polar surface area (TPSA) is 119 Å². The van der Waals surface area contributed by atoms with Crippen molar-refractivity contribution in [2.24, 2.45) is 11.8 Å². The summed E-state index contributed by atoms with van der Waals surface area (Å²) in [5.41, 5.74) is 1.41. The first-order valence-corrected chi connectivity index (χ1v) is 11.0. The second kappa shape index (κ2) is 14.1. The summed E-state index contributed by atoms with van der Waals surface area (Å²) in [7, 11) is 5.99. The van der Waals surface area contributed by atoms with Gasteiger partial charge in [0.2, 0.25) is 5.91 Å². The van der Waals surface area contributed by atoms with Gasteiger partial charge in [0.1, 0.15) is 0 Å². The van der Waals surface area contributed by atoms with E-state index in [-0.39, 0.29) is 31.0 Å². The Morgan fingerprint density at radius 2 is 1.84 bits per heavy atom. The van der Waals surface area contributed by atoms with E-state index in [1.54, 1.807) is 14.0 Å². The van der Waals surface area contributed by atoms with E-state index in [0.717, 1.165) is 39.0 Å². The molecule has 1 aromatic heterocycles. The summed E-state index contributed by atoms with van der Waals surface area (Å²) in [4.78, 5) is 34.4. The van der Waals surface area contributed by atoms with Gasteiger partial charge in [-0.2, -0.15) is 0 Å². The highest BCUT2D eigenvalue weighted by molar-refractivity contribution is 7.10. The predicted molar refractivity (Wildman–Crippen MR) is 119 cm³/mol. The molecule has 176 valence electrons. The van der Waals surface area contributed by atoms with Crippen molar-refractivity contribution in [3.8, 4) is 0 Å². The second-order valence-corrected chi connectivity index (χ2v) is 9.13. The molecule has 3 rings (SSSR count). The number of hydrogen-bond acceptors (Lipinski definition) is 7. The zero-order chi connectivity index (χ0) is 23.4. The Balaban J connectivity index is 0.000000720. The van der Waals surface area contributed by atoms with Gasteiger partial charge in [0, 0.05) is 45.1 Å². The maximum atomic E-state index is 11.5. The lowest BCUT2D eigenvalue weighted by molar-refractivity contribution is -0.123. The normalized spacial score (nSPS) is 24.8. The van der Waals surface area contributed by atoms with Crippen LogP contribution in [-0.4, -0.2) is 85.3 Å². The van der Waals surface area contributed by atoms with Crippen LogP contribution in [0.5, 0.6) is 0 Å². The molecule has 2 heterocycles. The van der Waals surface area contributed by atoms with Crippen molar-refractivity contribution in [2.75, 3.05) is 34.3 Å². The Morgan fingerprint density at radius 3 is 2.35 bits per heavy atom. The highest BCUT2D eigenvalue weighted by Gasteiger charge is 2.42. The van der Waals surface area contributed by atoms with Gasteiger partial charge in [0.05, 0.1) is 12.1 Å². The van der Waals surface area contributed by atoms with Crippen LogP contribution in [-0.2, 0) is 32.2 Å². The van der Waals surface area contributed by atoms with Crippen LogP contribution in [0.25, 0.3) is 0 Å². The molecule has 0 bridgehead atoms. The lowest BCUT2D eigenvalue weighted by Crippen LogP contribution is -2.49. The zero-order valence-corrected chi connectivity index (χ0v) is 19.5. The summed E-state index contributed by atoms with van der Waals surface area (Å²) >= 11 is 1.88. The van der Waals surface area contributed by atoms with E-state index in [1.807, 2.05) is 11.3 Å². The Morgan fingerprint density at radius 1 is 1.26 bits per heavy atom. The van der Waals surface area contributed by atoms with Crippen molar-refractivity contribution in [3.63, 3.8) is 0 Å². The van der Waals surface area contributed by atoms with Gasteiger partial charge in [0.25, 0.3) is 12.9 Å². The van der Waals surface area contributed by atoms with Crippen molar-refractivity contribution < 1.29 is 29.3 Å². The molecule has 0 unspecified atom stereocenters. The molecule has 1 saturated carbocycles. The molecule has 0 spiro atoms. The minimum atomic E-state index is -0.250. The number of nitrogens with one attached hydrogen (secondary N) is 1. The summed E-state index contributed by atoms with van der Waals surface area (Å²) in [5.74, 6) is 1.41. The Labute approximate surface area is 188 Å². The second-order valence-electron chi connectivity index (χ2n) is 8.14. The molecule has 4 atom stereocenters. The van der Waals surface area contributed by atoms with Gasteiger partial charge >= 0.3 is 0 Å². The van der Waals surface area contributed by atoms with Crippen LogP contribution >= 0.6 is 11.3 Å². The summed E-state index contributed by atoms with van der Waals surface area (Å²) in [6.07, 6.45) is 2.24. The Bertz CT molecular complexity index is 678. The molecule has 1 aliphatic carbocycles. The fraction of sp³-hybridized carbons (Fsp3) is 0.667. The van der Waals surface area contributed by atoms with Crippen LogP contribution in [0.3, 0.4) is 0 Å². The molecule has 1 aromatic rings.